The maximum atomic E-state index is 13.0. The Labute approximate surface area is 164 Å². The maximum absolute atomic E-state index is 13.0. The van der Waals surface area contributed by atoms with Gasteiger partial charge in [-0.15, -0.1) is 0 Å². The number of carbonyl (C=O) groups is 2. The summed E-state index contributed by atoms with van der Waals surface area (Å²) in [7, 11) is 0. The number of halogens is 3. The molecule has 0 aliphatic rings. The fraction of sp³-hybridized carbons (Fsp3) is 0.190. The molecule has 3 aromatic rings. The molecule has 1 amide bonds. The average molecular weight is 402 g/mol. The van der Waals surface area contributed by atoms with Crippen LogP contribution in [0.5, 0.6) is 0 Å². The van der Waals surface area contributed by atoms with Crippen LogP contribution in [-0.4, -0.2) is 23.5 Å². The zero-order valence-electron chi connectivity index (χ0n) is 15.6. The summed E-state index contributed by atoms with van der Waals surface area (Å²) in [5, 5.41) is 2.90. The zero-order chi connectivity index (χ0) is 21.2. The molecule has 29 heavy (non-hydrogen) atoms. The summed E-state index contributed by atoms with van der Waals surface area (Å²) in [6.45, 7) is 2.67. The van der Waals surface area contributed by atoms with Crippen molar-refractivity contribution < 1.29 is 27.5 Å². The number of esters is 1. The number of nitrogens with one attached hydrogen (secondary N) is 1. The Bertz CT molecular complexity index is 1090. The van der Waals surface area contributed by atoms with Gasteiger partial charge in [0.05, 0.1) is 28.0 Å². The second-order valence-electron chi connectivity index (χ2n) is 6.38. The molecule has 3 rings (SSSR count). The minimum Gasteiger partial charge on any atom is -0.452 e. The van der Waals surface area contributed by atoms with Gasteiger partial charge in [0.15, 0.2) is 6.61 Å². The van der Waals surface area contributed by atoms with E-state index in [-0.39, 0.29) is 5.56 Å². The van der Waals surface area contributed by atoms with E-state index in [2.05, 4.69) is 10.3 Å². The number of anilines is 1. The van der Waals surface area contributed by atoms with Crippen LogP contribution < -0.4 is 5.32 Å². The molecule has 0 spiro atoms. The summed E-state index contributed by atoms with van der Waals surface area (Å²) in [4.78, 5) is 28.9. The smallest absolute Gasteiger partial charge is 0.418 e. The van der Waals surface area contributed by atoms with Crippen molar-refractivity contribution in [3.63, 3.8) is 0 Å². The molecule has 0 aliphatic heterocycles. The molecule has 8 heteroatoms. The lowest BCUT2D eigenvalue weighted by molar-refractivity contribution is -0.137. The highest BCUT2D eigenvalue weighted by Crippen LogP contribution is 2.34. The van der Waals surface area contributed by atoms with Gasteiger partial charge in [0.1, 0.15) is 0 Å². The quantitative estimate of drug-likeness (QED) is 0.644. The lowest BCUT2D eigenvalue weighted by Crippen LogP contribution is -2.23. The topological polar surface area (TPSA) is 68.3 Å². The predicted octanol–water partition coefficient (Wildman–Crippen LogP) is 4.67. The SMILES string of the molecule is Cc1nc2ccccc2c(C)c1C(=O)OCC(=O)Nc1ccccc1C(F)(F)F. The average Bonchev–Trinajstić information content (AvgIpc) is 2.66. The lowest BCUT2D eigenvalue weighted by Gasteiger charge is -2.14. The number of hydrogen-bond acceptors (Lipinski definition) is 4. The number of fused-ring (bicyclic) bond motifs is 1. The molecule has 0 fully saturated rings. The van der Waals surface area contributed by atoms with E-state index in [4.69, 9.17) is 4.74 Å². The molecule has 0 atom stereocenters. The van der Waals surface area contributed by atoms with Crippen molar-refractivity contribution in [1.82, 2.24) is 4.98 Å². The first-order valence-corrected chi connectivity index (χ1v) is 8.67. The molecule has 1 aromatic heterocycles. The summed E-state index contributed by atoms with van der Waals surface area (Å²) >= 11 is 0. The van der Waals surface area contributed by atoms with Gasteiger partial charge in [-0.2, -0.15) is 13.2 Å². The summed E-state index contributed by atoms with van der Waals surface area (Å²) in [5.74, 6) is -1.64. The molecule has 0 saturated heterocycles. The first-order chi connectivity index (χ1) is 13.7. The van der Waals surface area contributed by atoms with E-state index in [0.717, 1.165) is 23.0 Å². The van der Waals surface area contributed by atoms with Gasteiger partial charge in [-0.25, -0.2) is 4.79 Å². The molecule has 0 radical (unpaired) electrons. The van der Waals surface area contributed by atoms with E-state index in [1.807, 2.05) is 24.3 Å². The van der Waals surface area contributed by atoms with Gasteiger partial charge in [-0.3, -0.25) is 9.78 Å². The van der Waals surface area contributed by atoms with Crippen LogP contribution in [0.15, 0.2) is 48.5 Å². The van der Waals surface area contributed by atoms with E-state index in [1.165, 1.54) is 12.1 Å². The van der Waals surface area contributed by atoms with Crippen molar-refractivity contribution in [3.05, 3.63) is 70.9 Å². The summed E-state index contributed by atoms with van der Waals surface area (Å²) in [6.07, 6.45) is -4.62. The highest BCUT2D eigenvalue weighted by molar-refractivity contribution is 6.00. The van der Waals surface area contributed by atoms with Gasteiger partial charge in [0, 0.05) is 5.39 Å². The Morgan fingerprint density at radius 2 is 1.69 bits per heavy atom. The van der Waals surface area contributed by atoms with Gasteiger partial charge in [0.25, 0.3) is 5.91 Å². The number of aryl methyl sites for hydroxylation is 2. The molecule has 150 valence electrons. The third-order valence-electron chi connectivity index (χ3n) is 4.38. The van der Waals surface area contributed by atoms with Gasteiger partial charge in [0.2, 0.25) is 0 Å². The Balaban J connectivity index is 1.74. The Morgan fingerprint density at radius 1 is 1.03 bits per heavy atom. The van der Waals surface area contributed by atoms with E-state index in [0.29, 0.717) is 11.3 Å². The third kappa shape index (κ3) is 4.37. The number of aromatic nitrogens is 1. The van der Waals surface area contributed by atoms with Crippen molar-refractivity contribution in [2.24, 2.45) is 0 Å². The Kier molecular flexibility index (Phi) is 5.54. The van der Waals surface area contributed by atoms with Gasteiger partial charge >= 0.3 is 12.1 Å². The molecule has 5 nitrogen and oxygen atoms in total. The molecule has 0 aliphatic carbocycles. The van der Waals surface area contributed by atoms with Crippen LogP contribution in [0.2, 0.25) is 0 Å². The third-order valence-corrected chi connectivity index (χ3v) is 4.38. The van der Waals surface area contributed by atoms with Crippen molar-refractivity contribution in [2.45, 2.75) is 20.0 Å². The number of benzene rings is 2. The van der Waals surface area contributed by atoms with E-state index in [1.54, 1.807) is 13.8 Å². The largest absolute Gasteiger partial charge is 0.452 e. The minimum atomic E-state index is -4.62. The van der Waals surface area contributed by atoms with Crippen LogP contribution in [-0.2, 0) is 15.7 Å². The van der Waals surface area contributed by atoms with Crippen LogP contribution in [0, 0.1) is 13.8 Å². The second kappa shape index (κ2) is 7.90. The standard InChI is InChI=1S/C21H17F3N2O3/c1-12-14-7-3-5-9-16(14)25-13(2)19(12)20(28)29-11-18(27)26-17-10-6-4-8-15(17)21(22,23)24/h3-10H,11H2,1-2H3,(H,26,27). The molecule has 1 heterocycles. The minimum absolute atomic E-state index is 0.229. The maximum Gasteiger partial charge on any atom is 0.418 e. The highest BCUT2D eigenvalue weighted by atomic mass is 19.4. The number of nitrogens with zero attached hydrogens (tertiary/aromatic N) is 1. The summed E-state index contributed by atoms with van der Waals surface area (Å²) in [5.41, 5.74) is 0.661. The van der Waals surface area contributed by atoms with Crippen molar-refractivity contribution in [1.29, 1.82) is 0 Å². The number of amides is 1. The normalized spacial score (nSPS) is 11.3. The van der Waals surface area contributed by atoms with Gasteiger partial charge in [-0.1, -0.05) is 30.3 Å². The Hall–Kier alpha value is -3.42. The number of alkyl halides is 3. The molecule has 0 unspecified atom stereocenters. The van der Waals surface area contributed by atoms with Crippen molar-refractivity contribution >= 4 is 28.5 Å². The predicted molar refractivity (Wildman–Crippen MR) is 102 cm³/mol. The summed E-state index contributed by atoms with van der Waals surface area (Å²) in [6, 6.07) is 11.8. The molecular weight excluding hydrogens is 385 g/mol. The van der Waals surface area contributed by atoms with E-state index in [9.17, 15) is 22.8 Å². The fourth-order valence-corrected chi connectivity index (χ4v) is 3.06. The highest BCUT2D eigenvalue weighted by Gasteiger charge is 2.33. The number of rotatable bonds is 4. The molecule has 0 saturated carbocycles. The molecule has 0 bridgehead atoms. The lowest BCUT2D eigenvalue weighted by atomic mass is 10.0. The molecule has 1 N–H and O–H groups in total. The number of ether oxygens (including phenoxy) is 1. The second-order valence-corrected chi connectivity index (χ2v) is 6.38. The van der Waals surface area contributed by atoms with Crippen LogP contribution in [0.3, 0.4) is 0 Å². The number of para-hydroxylation sites is 2. The fourth-order valence-electron chi connectivity index (χ4n) is 3.06. The van der Waals surface area contributed by atoms with Crippen molar-refractivity contribution in [2.75, 3.05) is 11.9 Å². The Morgan fingerprint density at radius 3 is 2.41 bits per heavy atom. The van der Waals surface area contributed by atoms with E-state index < -0.39 is 35.9 Å². The van der Waals surface area contributed by atoms with Crippen LogP contribution >= 0.6 is 0 Å². The zero-order valence-corrected chi connectivity index (χ0v) is 15.6. The van der Waals surface area contributed by atoms with Crippen LogP contribution in [0.25, 0.3) is 10.9 Å². The summed E-state index contributed by atoms with van der Waals surface area (Å²) < 4.78 is 44.0. The first kappa shape index (κ1) is 20.3. The molecular formula is C21H17F3N2O3. The van der Waals surface area contributed by atoms with Gasteiger partial charge in [-0.05, 0) is 37.6 Å². The van der Waals surface area contributed by atoms with Crippen LogP contribution in [0.1, 0.15) is 27.2 Å². The number of pyridine rings is 1. The number of hydrogen-bond donors (Lipinski definition) is 1. The monoisotopic (exact) mass is 402 g/mol. The van der Waals surface area contributed by atoms with E-state index >= 15 is 0 Å². The molecule has 2 aromatic carbocycles. The van der Waals surface area contributed by atoms with Gasteiger partial charge < -0.3 is 10.1 Å². The van der Waals surface area contributed by atoms with Crippen LogP contribution in [0.4, 0.5) is 18.9 Å². The van der Waals surface area contributed by atoms with Crippen molar-refractivity contribution in [3.8, 4) is 0 Å². The number of carbonyl (C=O) groups excluding carboxylic acids is 2. The first-order valence-electron chi connectivity index (χ1n) is 8.67.